The van der Waals surface area contributed by atoms with Gasteiger partial charge in [-0.05, 0) is 30.7 Å². The molecule has 0 aliphatic heterocycles. The Kier molecular flexibility index (Phi) is 4.79. The van der Waals surface area contributed by atoms with Crippen molar-refractivity contribution < 1.29 is 0 Å². The minimum atomic E-state index is 0.696. The topological polar surface area (TPSA) is 12.0 Å². The molecule has 0 saturated carbocycles. The Morgan fingerprint density at radius 2 is 2.29 bits per heavy atom. The minimum Gasteiger partial charge on any atom is -0.380 e. The predicted octanol–water partition coefficient (Wildman–Crippen LogP) is 4.66. The molecule has 1 N–H and O–H groups in total. The van der Waals surface area contributed by atoms with Crippen molar-refractivity contribution in [3.63, 3.8) is 0 Å². The van der Waals surface area contributed by atoms with E-state index in [-0.39, 0.29) is 0 Å². The molecule has 4 heteroatoms. The monoisotopic (exact) mass is 293 g/mol. The van der Waals surface area contributed by atoms with E-state index in [1.807, 2.05) is 25.1 Å². The third-order valence-electron chi connectivity index (χ3n) is 1.68. The van der Waals surface area contributed by atoms with Crippen LogP contribution in [0, 0.1) is 0 Å². The maximum Gasteiger partial charge on any atom is 0.0648 e. The number of halogens is 3. The summed E-state index contributed by atoms with van der Waals surface area (Å²) in [6.07, 6.45) is 0. The van der Waals surface area contributed by atoms with Crippen LogP contribution in [-0.2, 0) is 0 Å². The maximum atomic E-state index is 6.01. The van der Waals surface area contributed by atoms with E-state index in [0.29, 0.717) is 11.6 Å². The van der Waals surface area contributed by atoms with Gasteiger partial charge in [0, 0.05) is 16.6 Å². The SMILES string of the molecule is C/C(=C/Cl)CNc1ccc(Br)cc1Cl. The number of hydrogen-bond acceptors (Lipinski definition) is 1. The zero-order valence-electron chi connectivity index (χ0n) is 7.65. The second-order valence-corrected chi connectivity index (χ2v) is 4.47. The summed E-state index contributed by atoms with van der Waals surface area (Å²) in [6.45, 7) is 2.65. The molecule has 14 heavy (non-hydrogen) atoms. The van der Waals surface area contributed by atoms with Crippen molar-refractivity contribution >= 4 is 44.8 Å². The lowest BCUT2D eigenvalue weighted by Crippen LogP contribution is -2.02. The molecule has 0 fully saturated rings. The molecule has 1 rings (SSSR count). The fourth-order valence-corrected chi connectivity index (χ4v) is 1.72. The molecule has 0 aliphatic rings. The Hall–Kier alpha value is -0.180. The second-order valence-electron chi connectivity index (χ2n) is 2.93. The van der Waals surface area contributed by atoms with E-state index in [0.717, 1.165) is 15.7 Å². The molecule has 0 unspecified atom stereocenters. The Labute approximate surface area is 102 Å². The summed E-state index contributed by atoms with van der Waals surface area (Å²) >= 11 is 14.9. The minimum absolute atomic E-state index is 0.696. The van der Waals surface area contributed by atoms with Crippen molar-refractivity contribution in [2.45, 2.75) is 6.92 Å². The smallest absolute Gasteiger partial charge is 0.0648 e. The van der Waals surface area contributed by atoms with Crippen LogP contribution < -0.4 is 5.32 Å². The highest BCUT2D eigenvalue weighted by molar-refractivity contribution is 9.10. The van der Waals surface area contributed by atoms with Crippen LogP contribution in [0.3, 0.4) is 0 Å². The average Bonchev–Trinajstić information content (AvgIpc) is 2.16. The summed E-state index contributed by atoms with van der Waals surface area (Å²) in [5.41, 5.74) is 3.53. The summed E-state index contributed by atoms with van der Waals surface area (Å²) < 4.78 is 0.970. The molecule has 0 aliphatic carbocycles. The van der Waals surface area contributed by atoms with Gasteiger partial charge in [0.15, 0.2) is 0 Å². The quantitative estimate of drug-likeness (QED) is 0.855. The highest BCUT2D eigenvalue weighted by atomic mass is 79.9. The Morgan fingerprint density at radius 1 is 1.57 bits per heavy atom. The summed E-state index contributed by atoms with van der Waals surface area (Å²) in [7, 11) is 0. The molecule has 1 aromatic rings. The van der Waals surface area contributed by atoms with Crippen LogP contribution >= 0.6 is 39.1 Å². The van der Waals surface area contributed by atoms with Gasteiger partial charge in [0.1, 0.15) is 0 Å². The van der Waals surface area contributed by atoms with Crippen molar-refractivity contribution in [2.75, 3.05) is 11.9 Å². The molecule has 0 saturated heterocycles. The first kappa shape index (κ1) is 11.9. The van der Waals surface area contributed by atoms with Gasteiger partial charge < -0.3 is 5.32 Å². The molecule has 1 nitrogen and oxygen atoms in total. The first-order chi connectivity index (χ1) is 6.63. The molecular weight excluding hydrogens is 285 g/mol. The van der Waals surface area contributed by atoms with E-state index in [2.05, 4.69) is 21.2 Å². The number of rotatable bonds is 3. The van der Waals surface area contributed by atoms with Crippen LogP contribution in [0.2, 0.25) is 5.02 Å². The average molecular weight is 295 g/mol. The molecule has 76 valence electrons. The van der Waals surface area contributed by atoms with Gasteiger partial charge in [-0.1, -0.05) is 39.1 Å². The number of anilines is 1. The fraction of sp³-hybridized carbons (Fsp3) is 0.200. The molecule has 0 amide bonds. The summed E-state index contributed by atoms with van der Waals surface area (Å²) in [6, 6.07) is 5.71. The first-order valence-electron chi connectivity index (χ1n) is 4.08. The van der Waals surface area contributed by atoms with E-state index in [4.69, 9.17) is 23.2 Å². The van der Waals surface area contributed by atoms with Gasteiger partial charge in [0.2, 0.25) is 0 Å². The van der Waals surface area contributed by atoms with Crippen molar-refractivity contribution in [1.29, 1.82) is 0 Å². The standard InChI is InChI=1S/C10H10BrCl2N/c1-7(5-12)6-14-10-3-2-8(11)4-9(10)13/h2-5,14H,6H2,1H3/b7-5-. The van der Waals surface area contributed by atoms with E-state index in [1.54, 1.807) is 5.54 Å². The van der Waals surface area contributed by atoms with E-state index in [9.17, 15) is 0 Å². The highest BCUT2D eigenvalue weighted by Crippen LogP contribution is 2.25. The predicted molar refractivity (Wildman–Crippen MR) is 67.3 cm³/mol. The Bertz CT molecular complexity index is 350. The van der Waals surface area contributed by atoms with Gasteiger partial charge in [-0.15, -0.1) is 0 Å². The Balaban J connectivity index is 2.68. The fourth-order valence-electron chi connectivity index (χ4n) is 0.906. The largest absolute Gasteiger partial charge is 0.380 e. The molecule has 0 bridgehead atoms. The molecule has 0 heterocycles. The van der Waals surface area contributed by atoms with E-state index < -0.39 is 0 Å². The van der Waals surface area contributed by atoms with Gasteiger partial charge in [0.25, 0.3) is 0 Å². The zero-order chi connectivity index (χ0) is 10.6. The van der Waals surface area contributed by atoms with Gasteiger partial charge in [-0.3, -0.25) is 0 Å². The summed E-state index contributed by atoms with van der Waals surface area (Å²) in [5.74, 6) is 0. The van der Waals surface area contributed by atoms with Crippen molar-refractivity contribution in [2.24, 2.45) is 0 Å². The third kappa shape index (κ3) is 3.52. The van der Waals surface area contributed by atoms with Crippen molar-refractivity contribution in [3.05, 3.63) is 38.8 Å². The van der Waals surface area contributed by atoms with Crippen molar-refractivity contribution in [3.8, 4) is 0 Å². The zero-order valence-corrected chi connectivity index (χ0v) is 10.7. The van der Waals surface area contributed by atoms with Crippen molar-refractivity contribution in [1.82, 2.24) is 0 Å². The van der Waals surface area contributed by atoms with Crippen LogP contribution in [0.15, 0.2) is 33.8 Å². The molecule has 0 radical (unpaired) electrons. The van der Waals surface area contributed by atoms with Crippen LogP contribution in [-0.4, -0.2) is 6.54 Å². The van der Waals surface area contributed by atoms with E-state index in [1.165, 1.54) is 0 Å². The number of hydrogen-bond donors (Lipinski definition) is 1. The highest BCUT2D eigenvalue weighted by Gasteiger charge is 1.99. The first-order valence-corrected chi connectivity index (χ1v) is 5.69. The Morgan fingerprint density at radius 3 is 2.86 bits per heavy atom. The van der Waals surface area contributed by atoms with Gasteiger partial charge in [-0.25, -0.2) is 0 Å². The van der Waals surface area contributed by atoms with Gasteiger partial charge in [-0.2, -0.15) is 0 Å². The lowest BCUT2D eigenvalue weighted by molar-refractivity contribution is 1.21. The summed E-state index contributed by atoms with van der Waals surface area (Å²) in [5, 5.41) is 3.88. The lowest BCUT2D eigenvalue weighted by atomic mass is 10.3. The molecule has 0 spiro atoms. The summed E-state index contributed by atoms with van der Waals surface area (Å²) in [4.78, 5) is 0. The molecule has 0 aromatic heterocycles. The third-order valence-corrected chi connectivity index (χ3v) is 2.85. The van der Waals surface area contributed by atoms with Crippen LogP contribution in [0.5, 0.6) is 0 Å². The van der Waals surface area contributed by atoms with Gasteiger partial charge >= 0.3 is 0 Å². The van der Waals surface area contributed by atoms with E-state index >= 15 is 0 Å². The molecular formula is C10H10BrCl2N. The van der Waals surface area contributed by atoms with Crippen LogP contribution in [0.1, 0.15) is 6.92 Å². The molecule has 1 aromatic carbocycles. The molecule has 0 atom stereocenters. The van der Waals surface area contributed by atoms with Gasteiger partial charge in [0.05, 0.1) is 10.7 Å². The van der Waals surface area contributed by atoms with Crippen LogP contribution in [0.4, 0.5) is 5.69 Å². The second kappa shape index (κ2) is 5.64. The number of nitrogens with one attached hydrogen (secondary N) is 1. The lowest BCUT2D eigenvalue weighted by Gasteiger charge is -2.08. The normalized spacial score (nSPS) is 11.6. The van der Waals surface area contributed by atoms with Crippen LogP contribution in [0.25, 0.3) is 0 Å². The number of benzene rings is 1. The maximum absolute atomic E-state index is 6.01.